The maximum Gasteiger partial charge on any atom is 0.254 e. The quantitative estimate of drug-likeness (QED) is 0.132. The molecule has 10 heteroatoms. The van der Waals surface area contributed by atoms with Gasteiger partial charge in [0.2, 0.25) is 0 Å². The lowest BCUT2D eigenvalue weighted by atomic mass is 9.88. The van der Waals surface area contributed by atoms with E-state index in [2.05, 4.69) is 123 Å². The van der Waals surface area contributed by atoms with Crippen LogP contribution in [-0.2, 0) is 0 Å². The third-order valence-corrected chi connectivity index (χ3v) is 17.0. The lowest BCUT2D eigenvalue weighted by Crippen LogP contribution is -1.94. The molecule has 0 spiro atoms. The van der Waals surface area contributed by atoms with E-state index in [-0.39, 0.29) is 0 Å². The number of carbonyl (C=O) groups is 1. The van der Waals surface area contributed by atoms with Crippen LogP contribution in [0, 0.1) is 27.7 Å². The average Bonchev–Trinajstić information content (AvgIpc) is 3.73. The first-order valence-corrected chi connectivity index (χ1v) is 26.7. The molecule has 1 unspecified atom stereocenters. The van der Waals surface area contributed by atoms with Gasteiger partial charge in [-0.3, -0.25) is 4.79 Å². The van der Waals surface area contributed by atoms with Crippen LogP contribution in [0.5, 0.6) is 17.2 Å². The molecule has 12 aromatic rings. The van der Waals surface area contributed by atoms with Gasteiger partial charge in [-0.1, -0.05) is 109 Å². The normalized spacial score (nSPS) is 11.7. The third-order valence-electron chi connectivity index (χ3n) is 14.0. The third kappa shape index (κ3) is 7.90. The molecule has 10 aromatic carbocycles. The molecule has 0 aliphatic carbocycles. The van der Waals surface area contributed by atoms with Crippen molar-refractivity contribution < 1.29 is 35.8 Å². The molecule has 0 aliphatic heterocycles. The highest BCUT2D eigenvalue weighted by Gasteiger charge is 2.30. The largest absolute Gasteiger partial charge is 0.497 e. The zero-order valence-electron chi connectivity index (χ0n) is 41.9. The predicted molar refractivity (Wildman–Crippen MR) is 304 cm³/mol. The fourth-order valence-electron chi connectivity index (χ4n) is 10.5. The Balaban J connectivity index is 1.37. The minimum absolute atomic E-state index is 0.531. The Morgan fingerprint density at radius 2 is 0.716 bits per heavy atom. The first kappa shape index (κ1) is 46.6. The van der Waals surface area contributed by atoms with Gasteiger partial charge in [0.05, 0.1) is 31.9 Å². The van der Waals surface area contributed by atoms with Crippen LogP contribution in [0.2, 0.25) is 0 Å². The first-order valence-electron chi connectivity index (χ1n) is 24.4. The Morgan fingerprint density at radius 3 is 1.08 bits per heavy atom. The number of methoxy groups -OCH3 is 3. The number of carbonyl (C=O) groups excluding carboxylic acids is 1. The van der Waals surface area contributed by atoms with E-state index in [4.69, 9.17) is 31.0 Å². The van der Waals surface area contributed by atoms with Crippen molar-refractivity contribution in [1.29, 1.82) is 0 Å². The van der Waals surface area contributed by atoms with Gasteiger partial charge in [0.25, 0.3) is 16.0 Å². The van der Waals surface area contributed by atoms with E-state index >= 15 is 0 Å². The summed E-state index contributed by atoms with van der Waals surface area (Å²) in [6.45, 7) is 8.12. The van der Waals surface area contributed by atoms with Crippen molar-refractivity contribution in [2.45, 2.75) is 27.7 Å². The van der Waals surface area contributed by atoms with Crippen LogP contribution >= 0.6 is 16.0 Å². The van der Waals surface area contributed by atoms with Gasteiger partial charge in [0.15, 0.2) is 0 Å². The number of rotatable bonds is 9. The minimum Gasteiger partial charge on any atom is -0.497 e. The fourth-order valence-corrected chi connectivity index (χ4v) is 14.2. The fraction of sp³-hybridized carbons (Fsp3) is 0.109. The van der Waals surface area contributed by atoms with Crippen LogP contribution in [-0.4, -0.2) is 27.6 Å². The van der Waals surface area contributed by atoms with Crippen LogP contribution in [0.25, 0.3) is 109 Å². The molecule has 0 amide bonds. The van der Waals surface area contributed by atoms with E-state index in [1.54, 1.807) is 21.3 Å². The predicted octanol–water partition coefficient (Wildman–Crippen LogP) is 19.3. The highest BCUT2D eigenvalue weighted by atomic mass is 31.1. The summed E-state index contributed by atoms with van der Waals surface area (Å²) in [5.41, 5.74) is 12.4. The molecule has 364 valence electrons. The van der Waals surface area contributed by atoms with Crippen molar-refractivity contribution in [3.63, 3.8) is 0 Å². The summed E-state index contributed by atoms with van der Waals surface area (Å²) in [6, 6.07) is 58.4. The second kappa shape index (κ2) is 18.9. The van der Waals surface area contributed by atoms with Crippen LogP contribution < -0.4 is 14.2 Å². The van der Waals surface area contributed by atoms with Crippen LogP contribution in [0.1, 0.15) is 32.6 Å². The van der Waals surface area contributed by atoms with Crippen molar-refractivity contribution in [2.24, 2.45) is 0 Å². The summed E-state index contributed by atoms with van der Waals surface area (Å²) < 4.78 is 48.0. The van der Waals surface area contributed by atoms with Crippen LogP contribution in [0.4, 0.5) is 0 Å². The van der Waals surface area contributed by atoms with Gasteiger partial charge in [0.1, 0.15) is 45.9 Å². The number of aryl methyl sites for hydroxylation is 4. The minimum atomic E-state index is -2.08. The molecule has 2 heterocycles. The summed E-state index contributed by atoms with van der Waals surface area (Å²) in [5, 5.41) is 8.98. The molecule has 2 aromatic heterocycles. The van der Waals surface area contributed by atoms with Crippen molar-refractivity contribution >= 4 is 87.7 Å². The van der Waals surface area contributed by atoms with Gasteiger partial charge >= 0.3 is 0 Å². The maximum atomic E-state index is 12.6. The summed E-state index contributed by atoms with van der Waals surface area (Å²) in [5.74, 6) is 2.07. The van der Waals surface area contributed by atoms with Crippen molar-refractivity contribution in [1.82, 2.24) is 0 Å². The Morgan fingerprint density at radius 1 is 0.378 bits per heavy atom. The van der Waals surface area contributed by atoms with E-state index in [0.717, 1.165) is 116 Å². The smallest absolute Gasteiger partial charge is 0.254 e. The Bertz CT molecular complexity index is 4260. The summed E-state index contributed by atoms with van der Waals surface area (Å²) >= 11 is 0. The van der Waals surface area contributed by atoms with Gasteiger partial charge in [0, 0.05) is 49.4 Å². The summed E-state index contributed by atoms with van der Waals surface area (Å²) in [6.07, 6.45) is 0.877. The highest BCUT2D eigenvalue weighted by molar-refractivity contribution is 7.47. The van der Waals surface area contributed by atoms with E-state index in [0.29, 0.717) is 45.1 Å². The van der Waals surface area contributed by atoms with Gasteiger partial charge in [-0.2, -0.15) is 0 Å². The zero-order valence-corrected chi connectivity index (χ0v) is 43.7. The molecular formula is C64H50O8P2. The van der Waals surface area contributed by atoms with Gasteiger partial charge in [-0.05, 0) is 143 Å². The maximum absolute atomic E-state index is 12.6. The monoisotopic (exact) mass is 1010 g/mol. The van der Waals surface area contributed by atoms with Gasteiger partial charge < -0.3 is 31.0 Å². The summed E-state index contributed by atoms with van der Waals surface area (Å²) in [4.78, 5) is 12.6. The number of fused-ring (bicyclic) bond motifs is 8. The van der Waals surface area contributed by atoms with Crippen LogP contribution in [0.3, 0.4) is 0 Å². The Hall–Kier alpha value is -8.41. The molecular weight excluding hydrogens is 959 g/mol. The Kier molecular flexibility index (Phi) is 11.9. The number of hydrogen-bond donors (Lipinski definition) is 0. The van der Waals surface area contributed by atoms with E-state index in [1.165, 1.54) is 0 Å². The zero-order chi connectivity index (χ0) is 50.8. The van der Waals surface area contributed by atoms with Gasteiger partial charge in [-0.15, -0.1) is 0 Å². The molecule has 0 fully saturated rings. The lowest BCUT2D eigenvalue weighted by molar-refractivity contribution is 0.112. The van der Waals surface area contributed by atoms with E-state index in [1.807, 2.05) is 74.5 Å². The standard InChI is InChI=1S/C64H50O8P2/c1-37-26-41(36-65)30-53-54-33-46(66-5)27-38(2)60(54)70-73(69-59(37)53)63-51(42-18-10-8-11-19-42)31-44-22-14-16-24-49(44)57(63)58-50-25-17-15-23-45(50)32-52(43-20-12-9-13-21-43)64(58)74-71-61-39(3)28-47(67-6)34-55(61)56-35-48(68-7)29-40(4)62(56)72-74/h8-36H,1-7H3. The second-order valence-corrected chi connectivity index (χ2v) is 21.3. The van der Waals surface area contributed by atoms with E-state index < -0.39 is 16.0 Å². The second-order valence-electron chi connectivity index (χ2n) is 18.6. The first-order chi connectivity index (χ1) is 36.1. The topological polar surface area (TPSA) is 97.3 Å². The number of benzene rings is 10. The van der Waals surface area contributed by atoms with Gasteiger partial charge in [-0.25, -0.2) is 0 Å². The van der Waals surface area contributed by atoms with E-state index in [9.17, 15) is 4.79 Å². The van der Waals surface area contributed by atoms with Crippen molar-refractivity contribution in [3.05, 3.63) is 198 Å². The molecule has 0 saturated carbocycles. The molecule has 0 N–H and O–H groups in total. The molecule has 0 radical (unpaired) electrons. The molecule has 12 rings (SSSR count). The molecule has 8 nitrogen and oxygen atoms in total. The summed E-state index contributed by atoms with van der Waals surface area (Å²) in [7, 11) is 0.889. The molecule has 0 bridgehead atoms. The van der Waals surface area contributed by atoms with Crippen molar-refractivity contribution in [2.75, 3.05) is 21.3 Å². The van der Waals surface area contributed by atoms with Crippen LogP contribution in [0.15, 0.2) is 187 Å². The highest BCUT2D eigenvalue weighted by Crippen LogP contribution is 2.61. The average molecular weight is 1010 g/mol. The lowest BCUT2D eigenvalue weighted by Gasteiger charge is -2.22. The van der Waals surface area contributed by atoms with Crippen molar-refractivity contribution in [3.8, 4) is 61.2 Å². The number of hydrogen-bond acceptors (Lipinski definition) is 8. The molecule has 74 heavy (non-hydrogen) atoms. The molecule has 0 aliphatic rings. The SMILES string of the molecule is COc1cc(C)c2op(-c3c(-c4ccccc4)cc4ccccc4c3-c3c(-p4oc5c(C)cc(OC)cc5c5cc(OC)cc(C)c5o4)c(-c4ccccc4)cc4ccccc34)oc3c(C)cc(C=O)cc3c2c1. The Labute approximate surface area is 429 Å². The number of ether oxygens (including phenoxy) is 3. The molecule has 0 saturated heterocycles. The number of aldehydes is 1. The molecule has 1 atom stereocenters.